The molecule has 5 rings (SSSR count). The number of hydrogen-bond acceptors (Lipinski definition) is 7. The van der Waals surface area contributed by atoms with Crippen molar-refractivity contribution in [2.75, 3.05) is 10.6 Å². The highest BCUT2D eigenvalue weighted by atomic mass is 35.5. The van der Waals surface area contributed by atoms with E-state index in [9.17, 15) is 14.3 Å². The van der Waals surface area contributed by atoms with Crippen molar-refractivity contribution in [1.82, 2.24) is 19.5 Å². The topological polar surface area (TPSA) is 131 Å². The number of rotatable bonds is 6. The van der Waals surface area contributed by atoms with E-state index < -0.39 is 11.2 Å². The maximum atomic E-state index is 13.8. The third kappa shape index (κ3) is 5.32. The summed E-state index contributed by atoms with van der Waals surface area (Å²) in [7, 11) is 0. The molecule has 37 heavy (non-hydrogen) atoms. The van der Waals surface area contributed by atoms with Gasteiger partial charge in [-0.2, -0.15) is 4.98 Å². The Morgan fingerprint density at radius 2 is 1.89 bits per heavy atom. The van der Waals surface area contributed by atoms with E-state index in [1.165, 1.54) is 12.1 Å². The summed E-state index contributed by atoms with van der Waals surface area (Å²) in [6, 6.07) is 2.42. The van der Waals surface area contributed by atoms with Gasteiger partial charge in [-0.05, 0) is 63.5 Å². The molecule has 0 aliphatic heterocycles. The van der Waals surface area contributed by atoms with Crippen LogP contribution in [-0.2, 0) is 4.79 Å². The fraction of sp³-hybridized carbons (Fsp3) is 0.520. The molecule has 1 aromatic carbocycles. The number of aliphatic hydroxyl groups is 1. The first-order chi connectivity index (χ1) is 17.6. The van der Waals surface area contributed by atoms with Gasteiger partial charge in [0.1, 0.15) is 11.3 Å². The molecule has 198 valence electrons. The largest absolute Gasteiger partial charge is 0.393 e. The van der Waals surface area contributed by atoms with Crippen molar-refractivity contribution in [2.45, 2.75) is 76.5 Å². The molecule has 9 nitrogen and oxygen atoms in total. The lowest BCUT2D eigenvalue weighted by Crippen LogP contribution is -2.38. The fourth-order valence-electron chi connectivity index (χ4n) is 5.39. The number of nitrogens with two attached hydrogens (primary N) is 1. The first-order valence-corrected chi connectivity index (χ1v) is 13.3. The highest BCUT2D eigenvalue weighted by Crippen LogP contribution is 2.43. The van der Waals surface area contributed by atoms with Crippen LogP contribution in [0.15, 0.2) is 18.3 Å². The van der Waals surface area contributed by atoms with Crippen molar-refractivity contribution in [3.05, 3.63) is 34.2 Å². The van der Waals surface area contributed by atoms with E-state index in [-0.39, 0.29) is 34.1 Å². The van der Waals surface area contributed by atoms with Crippen LogP contribution in [0, 0.1) is 11.2 Å². The Kier molecular flexibility index (Phi) is 7.17. The third-order valence-corrected chi connectivity index (χ3v) is 8.27. The van der Waals surface area contributed by atoms with Gasteiger partial charge in [0, 0.05) is 17.5 Å². The summed E-state index contributed by atoms with van der Waals surface area (Å²) >= 11 is 12.6. The smallest absolute Gasteiger partial charge is 0.224 e. The lowest BCUT2D eigenvalue weighted by atomic mass is 9.73. The zero-order valence-electron chi connectivity index (χ0n) is 20.5. The SMILES string of the molecule is CC1(C(N)=O)CCC(n2c(Nc3c(Cl)cc(F)cc3Cl)nc3cnc(N[C@@H]4CCCC(O)C4)nc32)CC1. The molecule has 5 N–H and O–H groups in total. The number of fused-ring (bicyclic) bond motifs is 1. The number of anilines is 3. The zero-order valence-corrected chi connectivity index (χ0v) is 22.0. The maximum absolute atomic E-state index is 13.8. The number of halogens is 3. The van der Waals surface area contributed by atoms with Crippen molar-refractivity contribution in [3.8, 4) is 0 Å². The van der Waals surface area contributed by atoms with Crippen molar-refractivity contribution < 1.29 is 14.3 Å². The molecule has 2 aromatic heterocycles. The Labute approximate surface area is 224 Å². The van der Waals surface area contributed by atoms with Crippen LogP contribution in [-0.4, -0.2) is 42.7 Å². The fourth-order valence-corrected chi connectivity index (χ4v) is 5.94. The van der Waals surface area contributed by atoms with Crippen LogP contribution in [0.25, 0.3) is 11.2 Å². The Bertz CT molecular complexity index is 1300. The summed E-state index contributed by atoms with van der Waals surface area (Å²) in [4.78, 5) is 26.0. The first-order valence-electron chi connectivity index (χ1n) is 12.5. The monoisotopic (exact) mass is 549 g/mol. The average Bonchev–Trinajstić information content (AvgIpc) is 3.19. The van der Waals surface area contributed by atoms with Gasteiger partial charge in [-0.3, -0.25) is 9.36 Å². The number of imidazole rings is 1. The van der Waals surface area contributed by atoms with E-state index in [1.807, 2.05) is 11.5 Å². The van der Waals surface area contributed by atoms with E-state index in [2.05, 4.69) is 15.6 Å². The van der Waals surface area contributed by atoms with E-state index in [1.54, 1.807) is 6.20 Å². The van der Waals surface area contributed by atoms with Crippen molar-refractivity contribution in [1.29, 1.82) is 0 Å². The summed E-state index contributed by atoms with van der Waals surface area (Å²) in [5.74, 6) is 0.0576. The number of aliphatic hydroxyl groups excluding tert-OH is 1. The molecule has 2 fully saturated rings. The number of benzene rings is 1. The van der Waals surface area contributed by atoms with Crippen molar-refractivity contribution >= 4 is 57.9 Å². The predicted octanol–water partition coefficient (Wildman–Crippen LogP) is 5.34. The molecule has 2 aliphatic carbocycles. The lowest BCUT2D eigenvalue weighted by Gasteiger charge is -2.35. The Morgan fingerprint density at radius 1 is 1.19 bits per heavy atom. The van der Waals surface area contributed by atoms with Gasteiger partial charge in [0.15, 0.2) is 5.65 Å². The van der Waals surface area contributed by atoms with Crippen LogP contribution in [0.3, 0.4) is 0 Å². The van der Waals surface area contributed by atoms with Crippen LogP contribution < -0.4 is 16.4 Å². The van der Waals surface area contributed by atoms with Crippen molar-refractivity contribution in [2.24, 2.45) is 11.1 Å². The summed E-state index contributed by atoms with van der Waals surface area (Å²) in [5, 5.41) is 16.8. The van der Waals surface area contributed by atoms with Gasteiger partial charge in [0.05, 0.1) is 28.0 Å². The molecule has 1 unspecified atom stereocenters. The second-order valence-corrected chi connectivity index (χ2v) is 11.2. The number of carbonyl (C=O) groups is 1. The first kappa shape index (κ1) is 25.9. The van der Waals surface area contributed by atoms with Crippen LogP contribution in [0.2, 0.25) is 10.0 Å². The molecule has 2 heterocycles. The highest BCUT2D eigenvalue weighted by Gasteiger charge is 2.38. The molecule has 2 atom stereocenters. The lowest BCUT2D eigenvalue weighted by molar-refractivity contribution is -0.128. The molecule has 1 amide bonds. The Hall–Kier alpha value is -2.69. The van der Waals surface area contributed by atoms with Crippen LogP contribution in [0.5, 0.6) is 0 Å². The molecule has 0 saturated heterocycles. The summed E-state index contributed by atoms with van der Waals surface area (Å²) in [6.45, 7) is 1.90. The number of amides is 1. The number of primary amides is 1. The van der Waals surface area contributed by atoms with Gasteiger partial charge >= 0.3 is 0 Å². The van der Waals surface area contributed by atoms with Gasteiger partial charge in [0.2, 0.25) is 17.8 Å². The number of carbonyl (C=O) groups excluding carboxylic acids is 1. The molecular weight excluding hydrogens is 520 g/mol. The minimum Gasteiger partial charge on any atom is -0.393 e. The minimum atomic E-state index is -0.562. The Morgan fingerprint density at radius 3 is 2.54 bits per heavy atom. The van der Waals surface area contributed by atoms with E-state index in [0.717, 1.165) is 19.3 Å². The maximum Gasteiger partial charge on any atom is 0.224 e. The number of nitrogens with one attached hydrogen (secondary N) is 2. The summed E-state index contributed by atoms with van der Waals surface area (Å²) in [5.41, 5.74) is 6.62. The van der Waals surface area contributed by atoms with Crippen LogP contribution >= 0.6 is 23.2 Å². The molecule has 0 radical (unpaired) electrons. The summed E-state index contributed by atoms with van der Waals surface area (Å²) in [6.07, 6.45) is 7.26. The van der Waals surface area contributed by atoms with Crippen LogP contribution in [0.4, 0.5) is 22.0 Å². The minimum absolute atomic E-state index is 0.0304. The normalized spacial score (nSPS) is 26.2. The van der Waals surface area contributed by atoms with Crippen LogP contribution in [0.1, 0.15) is 64.3 Å². The van der Waals surface area contributed by atoms with E-state index >= 15 is 0 Å². The van der Waals surface area contributed by atoms with Gasteiger partial charge in [0.25, 0.3) is 0 Å². The molecule has 2 aliphatic rings. The quantitative estimate of drug-likeness (QED) is 0.326. The summed E-state index contributed by atoms with van der Waals surface area (Å²) < 4.78 is 15.8. The average molecular weight is 550 g/mol. The standard InChI is InChI=1S/C25H30Cl2FN7O2/c1-25(22(29)37)7-5-15(6-8-25)35-21-19(12-30-23(34-21)31-14-3-2-4-16(36)11-14)32-24(35)33-20-17(26)9-13(28)10-18(20)27/h9-10,12,14-16,36H,2-8,11H2,1H3,(H2,29,37)(H,32,33)(H,30,31,34)/t14-,15?,16?,25?/m1/s1. The van der Waals surface area contributed by atoms with Gasteiger partial charge in [-0.25, -0.2) is 14.4 Å². The number of hydrogen-bond donors (Lipinski definition) is 4. The molecule has 12 heteroatoms. The van der Waals surface area contributed by atoms with E-state index in [4.69, 9.17) is 38.9 Å². The molecule has 0 spiro atoms. The second kappa shape index (κ2) is 10.2. The Balaban J connectivity index is 1.52. The number of nitrogens with zero attached hydrogens (tertiary/aromatic N) is 4. The van der Waals surface area contributed by atoms with Gasteiger partial charge < -0.3 is 21.5 Å². The predicted molar refractivity (Wildman–Crippen MR) is 142 cm³/mol. The number of aromatic nitrogens is 4. The van der Waals surface area contributed by atoms with Crippen molar-refractivity contribution in [3.63, 3.8) is 0 Å². The third-order valence-electron chi connectivity index (χ3n) is 7.67. The molecule has 2 saturated carbocycles. The van der Waals surface area contributed by atoms with Gasteiger partial charge in [-0.1, -0.05) is 30.1 Å². The van der Waals surface area contributed by atoms with Gasteiger partial charge in [-0.15, -0.1) is 0 Å². The second-order valence-electron chi connectivity index (χ2n) is 10.4. The zero-order chi connectivity index (χ0) is 26.3. The molecule has 3 aromatic rings. The highest BCUT2D eigenvalue weighted by molar-refractivity contribution is 6.39. The molecule has 0 bridgehead atoms. The molecular formula is C25H30Cl2FN7O2. The van der Waals surface area contributed by atoms with E-state index in [0.29, 0.717) is 60.9 Å².